The molecular weight excluding hydrogens is 310 g/mol. The highest BCUT2D eigenvalue weighted by Gasteiger charge is 2.06. The zero-order valence-corrected chi connectivity index (χ0v) is 13.8. The molecule has 130 valence electrons. The van der Waals surface area contributed by atoms with Gasteiger partial charge in [-0.1, -0.05) is 12.1 Å². The van der Waals surface area contributed by atoms with Crippen molar-refractivity contribution in [2.45, 2.75) is 32.3 Å². The number of aryl methyl sites for hydroxylation is 1. The van der Waals surface area contributed by atoms with Gasteiger partial charge < -0.3 is 19.4 Å². The number of nitrogens with zero attached hydrogens (tertiary/aromatic N) is 2. The Hall–Kier alpha value is -2.25. The second kappa shape index (κ2) is 9.79. The second-order valence-corrected chi connectivity index (χ2v) is 5.60. The number of benzene rings is 1. The number of Topliss-reactive ketones (excluding diaryl/α,β-unsaturated/α-hetero) is 1. The zero-order valence-electron chi connectivity index (χ0n) is 13.8. The van der Waals surface area contributed by atoms with Crippen LogP contribution in [0, 0.1) is 0 Å². The van der Waals surface area contributed by atoms with Crippen LogP contribution < -0.4 is 4.74 Å². The van der Waals surface area contributed by atoms with Gasteiger partial charge in [-0.05, 0) is 31.0 Å². The van der Waals surface area contributed by atoms with E-state index in [1.807, 2.05) is 24.3 Å². The number of aromatic nitrogens is 3. The van der Waals surface area contributed by atoms with E-state index in [4.69, 9.17) is 9.47 Å². The largest absolute Gasteiger partial charge is 0.491 e. The van der Waals surface area contributed by atoms with E-state index >= 15 is 0 Å². The van der Waals surface area contributed by atoms with E-state index in [1.165, 1.54) is 0 Å². The molecule has 0 aliphatic heterocycles. The predicted molar refractivity (Wildman–Crippen MR) is 87.9 cm³/mol. The van der Waals surface area contributed by atoms with Gasteiger partial charge in [0.05, 0.1) is 25.1 Å². The molecule has 0 saturated carbocycles. The molecule has 0 bridgehead atoms. The first kappa shape index (κ1) is 18.1. The van der Waals surface area contributed by atoms with Gasteiger partial charge in [0.25, 0.3) is 0 Å². The van der Waals surface area contributed by atoms with Gasteiger partial charge >= 0.3 is 0 Å². The minimum Gasteiger partial charge on any atom is -0.491 e. The molecule has 0 radical (unpaired) electrons. The number of ether oxygens (including phenoxy) is 2. The number of carbonyl (C=O) groups excluding carboxylic acids is 1. The molecule has 7 nitrogen and oxygen atoms in total. The summed E-state index contributed by atoms with van der Waals surface area (Å²) in [5, 5.41) is 20.0. The van der Waals surface area contributed by atoms with Crippen molar-refractivity contribution in [1.82, 2.24) is 15.4 Å². The topological polar surface area (TPSA) is 97.3 Å². The number of H-pyrrole nitrogens is 1. The lowest BCUT2D eigenvalue weighted by Gasteiger charge is -2.13. The molecule has 0 spiro atoms. The Balaban J connectivity index is 1.60. The lowest BCUT2D eigenvalue weighted by Crippen LogP contribution is -2.24. The highest BCUT2D eigenvalue weighted by atomic mass is 16.5. The van der Waals surface area contributed by atoms with Crippen LogP contribution in [0.4, 0.5) is 0 Å². The van der Waals surface area contributed by atoms with E-state index in [9.17, 15) is 9.90 Å². The highest BCUT2D eigenvalue weighted by molar-refractivity contribution is 5.75. The Morgan fingerprint density at radius 1 is 1.25 bits per heavy atom. The fraction of sp³-hybridized carbons (Fsp3) is 0.471. The molecule has 2 N–H and O–H groups in total. The molecule has 7 heteroatoms. The van der Waals surface area contributed by atoms with Crippen LogP contribution in [-0.4, -0.2) is 52.2 Å². The fourth-order valence-electron chi connectivity index (χ4n) is 2.06. The van der Waals surface area contributed by atoms with Gasteiger partial charge in [-0.15, -0.1) is 0 Å². The van der Waals surface area contributed by atoms with Crippen LogP contribution in [-0.2, 0) is 22.4 Å². The summed E-state index contributed by atoms with van der Waals surface area (Å²) in [4.78, 5) is 11.0. The maximum atomic E-state index is 11.0. The number of aromatic amines is 1. The van der Waals surface area contributed by atoms with Gasteiger partial charge in [-0.2, -0.15) is 15.4 Å². The monoisotopic (exact) mass is 333 g/mol. The molecular formula is C17H23N3O4. The first-order valence-corrected chi connectivity index (χ1v) is 7.95. The third kappa shape index (κ3) is 6.89. The molecule has 0 fully saturated rings. The maximum Gasteiger partial charge on any atom is 0.130 e. The summed E-state index contributed by atoms with van der Waals surface area (Å²) in [7, 11) is 0. The van der Waals surface area contributed by atoms with E-state index in [1.54, 1.807) is 13.1 Å². The molecule has 0 saturated heterocycles. The van der Waals surface area contributed by atoms with Crippen LogP contribution in [0.2, 0.25) is 0 Å². The minimum atomic E-state index is -0.695. The van der Waals surface area contributed by atoms with E-state index in [0.29, 0.717) is 25.2 Å². The molecule has 24 heavy (non-hydrogen) atoms. The first-order chi connectivity index (χ1) is 11.6. The summed E-state index contributed by atoms with van der Waals surface area (Å²) in [6.07, 6.45) is 2.87. The smallest absolute Gasteiger partial charge is 0.130 e. The number of ketones is 1. The van der Waals surface area contributed by atoms with E-state index in [2.05, 4.69) is 15.4 Å². The molecule has 2 aromatic rings. The molecule has 0 aliphatic rings. The summed E-state index contributed by atoms with van der Waals surface area (Å²) in [5.41, 5.74) is 1.92. The van der Waals surface area contributed by atoms with Crippen LogP contribution in [0.25, 0.3) is 0 Å². The van der Waals surface area contributed by atoms with Gasteiger partial charge in [-0.25, -0.2) is 0 Å². The Morgan fingerprint density at radius 2 is 2.04 bits per heavy atom. The number of carbonyl (C=O) groups is 1. The SMILES string of the molecule is CC(=O)CCc1ccc(OCC(O)COCCc2cn[nH]n2)cc1. The van der Waals surface area contributed by atoms with E-state index in [0.717, 1.165) is 17.7 Å². The van der Waals surface area contributed by atoms with Gasteiger partial charge in [0.1, 0.15) is 24.2 Å². The van der Waals surface area contributed by atoms with Crippen molar-refractivity contribution in [3.63, 3.8) is 0 Å². The van der Waals surface area contributed by atoms with Crippen LogP contribution >= 0.6 is 0 Å². The number of rotatable bonds is 11. The highest BCUT2D eigenvalue weighted by Crippen LogP contribution is 2.14. The van der Waals surface area contributed by atoms with Crippen LogP contribution in [0.1, 0.15) is 24.6 Å². The normalized spacial score (nSPS) is 12.1. The number of hydrogen-bond acceptors (Lipinski definition) is 6. The van der Waals surface area contributed by atoms with Crippen LogP contribution in [0.15, 0.2) is 30.5 Å². The Bertz CT molecular complexity index is 599. The molecule has 1 heterocycles. The van der Waals surface area contributed by atoms with Crippen molar-refractivity contribution in [3.8, 4) is 5.75 Å². The van der Waals surface area contributed by atoms with Crippen molar-refractivity contribution in [2.75, 3.05) is 19.8 Å². The Morgan fingerprint density at radius 3 is 2.71 bits per heavy atom. The Labute approximate surface area is 141 Å². The lowest BCUT2D eigenvalue weighted by molar-refractivity contribution is -0.116. The molecule has 0 aliphatic carbocycles. The summed E-state index contributed by atoms with van der Waals surface area (Å²) >= 11 is 0. The van der Waals surface area contributed by atoms with Crippen LogP contribution in [0.3, 0.4) is 0 Å². The predicted octanol–water partition coefficient (Wildman–Crippen LogP) is 1.33. The average molecular weight is 333 g/mol. The first-order valence-electron chi connectivity index (χ1n) is 7.95. The number of aliphatic hydroxyl groups is 1. The third-order valence-corrected chi connectivity index (χ3v) is 3.41. The van der Waals surface area contributed by atoms with E-state index in [-0.39, 0.29) is 19.0 Å². The van der Waals surface area contributed by atoms with Gasteiger partial charge in [0, 0.05) is 12.8 Å². The summed E-state index contributed by atoms with van der Waals surface area (Å²) in [6.45, 7) is 2.42. The van der Waals surface area contributed by atoms with E-state index < -0.39 is 6.10 Å². The quantitative estimate of drug-likeness (QED) is 0.602. The second-order valence-electron chi connectivity index (χ2n) is 5.60. The third-order valence-electron chi connectivity index (χ3n) is 3.41. The molecule has 0 amide bonds. The van der Waals surface area contributed by atoms with Gasteiger partial charge in [0.15, 0.2) is 0 Å². The van der Waals surface area contributed by atoms with Crippen LogP contribution in [0.5, 0.6) is 5.75 Å². The summed E-state index contributed by atoms with van der Waals surface area (Å²) in [5.74, 6) is 0.866. The van der Waals surface area contributed by atoms with Gasteiger partial charge in [-0.3, -0.25) is 0 Å². The summed E-state index contributed by atoms with van der Waals surface area (Å²) < 4.78 is 10.9. The number of hydrogen-bond donors (Lipinski definition) is 2. The summed E-state index contributed by atoms with van der Waals surface area (Å²) in [6, 6.07) is 7.54. The molecule has 1 atom stereocenters. The fourth-order valence-corrected chi connectivity index (χ4v) is 2.06. The molecule has 2 rings (SSSR count). The van der Waals surface area contributed by atoms with Gasteiger partial charge in [0.2, 0.25) is 0 Å². The molecule has 1 aromatic carbocycles. The maximum absolute atomic E-state index is 11.0. The standard InChI is InChI=1S/C17H23N3O4/c1-13(21)2-3-14-4-6-17(7-5-14)24-12-16(22)11-23-9-8-15-10-18-20-19-15/h4-7,10,16,22H,2-3,8-9,11-12H2,1H3,(H,18,19,20). The lowest BCUT2D eigenvalue weighted by atomic mass is 10.1. The zero-order chi connectivity index (χ0) is 17.2. The number of aliphatic hydroxyl groups excluding tert-OH is 1. The van der Waals surface area contributed by atoms with Crippen molar-refractivity contribution in [3.05, 3.63) is 41.7 Å². The van der Waals surface area contributed by atoms with Crippen molar-refractivity contribution >= 4 is 5.78 Å². The van der Waals surface area contributed by atoms with Crippen molar-refractivity contribution in [1.29, 1.82) is 0 Å². The molecule has 1 unspecified atom stereocenters. The minimum absolute atomic E-state index is 0.163. The average Bonchev–Trinajstić information content (AvgIpc) is 3.09. The van der Waals surface area contributed by atoms with Crippen molar-refractivity contribution < 1.29 is 19.4 Å². The Kier molecular flexibility index (Phi) is 7.38. The molecule has 1 aromatic heterocycles. The van der Waals surface area contributed by atoms with Crippen molar-refractivity contribution in [2.24, 2.45) is 0 Å². The number of nitrogens with one attached hydrogen (secondary N) is 1.